The van der Waals surface area contributed by atoms with E-state index in [0.717, 1.165) is 12.1 Å². The van der Waals surface area contributed by atoms with Crippen LogP contribution in [0, 0.1) is 6.92 Å². The first-order valence-corrected chi connectivity index (χ1v) is 4.77. The van der Waals surface area contributed by atoms with Crippen LogP contribution in [-0.2, 0) is 6.54 Å². The van der Waals surface area contributed by atoms with E-state index in [0.29, 0.717) is 6.54 Å². The van der Waals surface area contributed by atoms with Crippen molar-refractivity contribution < 1.29 is 0 Å². The Kier molecular flexibility index (Phi) is 3.66. The van der Waals surface area contributed by atoms with Gasteiger partial charge in [-0.1, -0.05) is 11.6 Å². The predicted octanol–water partition coefficient (Wildman–Crippen LogP) is 0.767. The van der Waals surface area contributed by atoms with Gasteiger partial charge in [-0.15, -0.1) is 0 Å². The Bertz CT molecular complexity index is 373. The molecule has 0 unspecified atom stereocenters. The van der Waals surface area contributed by atoms with E-state index in [2.05, 4.69) is 5.10 Å². The zero-order valence-electron chi connectivity index (χ0n) is 8.62. The zero-order valence-corrected chi connectivity index (χ0v) is 9.38. The average molecular weight is 216 g/mol. The van der Waals surface area contributed by atoms with E-state index < -0.39 is 0 Å². The Hall–Kier alpha value is -0.870. The molecule has 0 aromatic carbocycles. The summed E-state index contributed by atoms with van der Waals surface area (Å²) in [5.41, 5.74) is 0.506. The number of rotatable bonds is 3. The monoisotopic (exact) mass is 215 g/mol. The lowest BCUT2D eigenvalue weighted by atomic mass is 10.3. The van der Waals surface area contributed by atoms with Crippen molar-refractivity contribution in [3.8, 4) is 0 Å². The maximum absolute atomic E-state index is 11.6. The van der Waals surface area contributed by atoms with Gasteiger partial charge >= 0.3 is 0 Å². The molecule has 0 aliphatic heterocycles. The molecule has 0 fully saturated rings. The summed E-state index contributed by atoms with van der Waals surface area (Å²) in [6, 6.07) is 0. The third-order valence-corrected chi connectivity index (χ3v) is 2.38. The summed E-state index contributed by atoms with van der Waals surface area (Å²) in [5.74, 6) is 0. The van der Waals surface area contributed by atoms with Gasteiger partial charge in [0.05, 0.1) is 12.7 Å². The first kappa shape index (κ1) is 11.2. The van der Waals surface area contributed by atoms with Crippen LogP contribution in [0.4, 0.5) is 0 Å². The summed E-state index contributed by atoms with van der Waals surface area (Å²) in [4.78, 5) is 13.5. The zero-order chi connectivity index (χ0) is 10.7. The Morgan fingerprint density at radius 2 is 2.21 bits per heavy atom. The molecule has 0 atom stereocenters. The molecule has 1 rings (SSSR count). The van der Waals surface area contributed by atoms with Gasteiger partial charge in [-0.25, -0.2) is 4.68 Å². The van der Waals surface area contributed by atoms with Crippen molar-refractivity contribution in [2.45, 2.75) is 13.5 Å². The fraction of sp³-hybridized carbons (Fsp3) is 0.556. The first-order chi connectivity index (χ1) is 6.52. The summed E-state index contributed by atoms with van der Waals surface area (Å²) in [6.45, 7) is 3.10. The van der Waals surface area contributed by atoms with Crippen molar-refractivity contribution >= 4 is 11.6 Å². The van der Waals surface area contributed by atoms with Gasteiger partial charge in [0.15, 0.2) is 0 Å². The molecule has 0 spiro atoms. The molecular formula is C9H14ClN3O. The molecular weight excluding hydrogens is 202 g/mol. The van der Waals surface area contributed by atoms with Crippen LogP contribution in [0.15, 0.2) is 11.0 Å². The highest BCUT2D eigenvalue weighted by Gasteiger charge is 2.05. The first-order valence-electron chi connectivity index (χ1n) is 4.39. The van der Waals surface area contributed by atoms with Gasteiger partial charge in [-0.3, -0.25) is 4.79 Å². The number of likely N-dealkylation sites (N-methyl/N-ethyl adjacent to an activating group) is 1. The van der Waals surface area contributed by atoms with E-state index in [1.165, 1.54) is 4.68 Å². The van der Waals surface area contributed by atoms with Crippen LogP contribution in [0.5, 0.6) is 0 Å². The topological polar surface area (TPSA) is 38.1 Å². The largest absolute Gasteiger partial charge is 0.308 e. The van der Waals surface area contributed by atoms with Gasteiger partial charge in [0, 0.05) is 6.54 Å². The highest BCUT2D eigenvalue weighted by atomic mass is 35.5. The van der Waals surface area contributed by atoms with Crippen molar-refractivity contribution in [3.05, 3.63) is 27.1 Å². The summed E-state index contributed by atoms with van der Waals surface area (Å²) < 4.78 is 1.38. The highest BCUT2D eigenvalue weighted by molar-refractivity contribution is 6.31. The van der Waals surface area contributed by atoms with Crippen LogP contribution in [-0.4, -0.2) is 35.3 Å². The number of hydrogen-bond acceptors (Lipinski definition) is 3. The Labute approximate surface area is 88.1 Å². The van der Waals surface area contributed by atoms with Crippen LogP contribution < -0.4 is 5.56 Å². The quantitative estimate of drug-likeness (QED) is 0.748. The highest BCUT2D eigenvalue weighted by Crippen LogP contribution is 2.05. The van der Waals surface area contributed by atoms with E-state index in [9.17, 15) is 4.79 Å². The van der Waals surface area contributed by atoms with Gasteiger partial charge in [-0.05, 0) is 26.6 Å². The van der Waals surface area contributed by atoms with Gasteiger partial charge in [0.2, 0.25) is 0 Å². The van der Waals surface area contributed by atoms with Crippen LogP contribution in [0.3, 0.4) is 0 Å². The van der Waals surface area contributed by atoms with E-state index in [-0.39, 0.29) is 10.6 Å². The molecule has 0 N–H and O–H groups in total. The van der Waals surface area contributed by atoms with Gasteiger partial charge in [0.25, 0.3) is 5.56 Å². The number of halogens is 1. The average Bonchev–Trinajstić information content (AvgIpc) is 2.13. The lowest BCUT2D eigenvalue weighted by molar-refractivity contribution is 0.367. The Morgan fingerprint density at radius 3 is 2.79 bits per heavy atom. The molecule has 14 heavy (non-hydrogen) atoms. The molecule has 0 aliphatic carbocycles. The second-order valence-corrected chi connectivity index (χ2v) is 3.85. The lowest BCUT2D eigenvalue weighted by Gasteiger charge is -2.10. The van der Waals surface area contributed by atoms with Crippen molar-refractivity contribution in [1.82, 2.24) is 14.7 Å². The molecule has 0 amide bonds. The van der Waals surface area contributed by atoms with Crippen molar-refractivity contribution in [2.24, 2.45) is 0 Å². The molecule has 78 valence electrons. The smallest absolute Gasteiger partial charge is 0.285 e. The normalized spacial score (nSPS) is 10.9. The minimum Gasteiger partial charge on any atom is -0.308 e. The van der Waals surface area contributed by atoms with Gasteiger partial charge in [-0.2, -0.15) is 5.10 Å². The molecule has 1 aromatic heterocycles. The molecule has 4 nitrogen and oxygen atoms in total. The third kappa shape index (κ3) is 2.56. The number of nitrogens with zero attached hydrogens (tertiary/aromatic N) is 3. The summed E-state index contributed by atoms with van der Waals surface area (Å²) in [6.07, 6.45) is 1.61. The van der Waals surface area contributed by atoms with Crippen molar-refractivity contribution in [1.29, 1.82) is 0 Å². The van der Waals surface area contributed by atoms with Crippen LogP contribution in [0.1, 0.15) is 5.56 Å². The molecule has 1 heterocycles. The molecule has 5 heteroatoms. The van der Waals surface area contributed by atoms with Gasteiger partial charge < -0.3 is 4.90 Å². The molecule has 1 aromatic rings. The fourth-order valence-corrected chi connectivity index (χ4v) is 1.15. The summed E-state index contributed by atoms with van der Waals surface area (Å²) >= 11 is 5.81. The third-order valence-electron chi connectivity index (χ3n) is 1.92. The minimum absolute atomic E-state index is 0.214. The van der Waals surface area contributed by atoms with Crippen LogP contribution >= 0.6 is 11.6 Å². The van der Waals surface area contributed by atoms with E-state index in [1.807, 2.05) is 19.0 Å². The standard InChI is InChI=1S/C9H14ClN3O/c1-7-6-11-13(5-4-12(2)3)9(14)8(7)10/h6H,4-5H2,1-3H3. The second kappa shape index (κ2) is 4.57. The van der Waals surface area contributed by atoms with E-state index >= 15 is 0 Å². The van der Waals surface area contributed by atoms with Crippen LogP contribution in [0.2, 0.25) is 5.02 Å². The second-order valence-electron chi connectivity index (χ2n) is 3.47. The molecule has 0 aliphatic rings. The number of hydrogen-bond donors (Lipinski definition) is 0. The van der Waals surface area contributed by atoms with E-state index in [1.54, 1.807) is 13.1 Å². The number of aryl methyl sites for hydroxylation is 1. The lowest BCUT2D eigenvalue weighted by Crippen LogP contribution is -2.29. The summed E-state index contributed by atoms with van der Waals surface area (Å²) in [7, 11) is 3.89. The Balaban J connectivity index is 2.89. The van der Waals surface area contributed by atoms with Crippen LogP contribution in [0.25, 0.3) is 0 Å². The summed E-state index contributed by atoms with van der Waals surface area (Å²) in [5, 5.41) is 4.27. The maximum atomic E-state index is 11.6. The predicted molar refractivity (Wildman–Crippen MR) is 56.8 cm³/mol. The Morgan fingerprint density at radius 1 is 1.57 bits per heavy atom. The van der Waals surface area contributed by atoms with Crippen molar-refractivity contribution in [2.75, 3.05) is 20.6 Å². The SMILES string of the molecule is Cc1cnn(CCN(C)C)c(=O)c1Cl. The maximum Gasteiger partial charge on any atom is 0.285 e. The minimum atomic E-state index is -0.214. The molecule has 0 saturated heterocycles. The van der Waals surface area contributed by atoms with Gasteiger partial charge in [0.1, 0.15) is 5.02 Å². The molecule has 0 bridgehead atoms. The molecule has 0 saturated carbocycles. The molecule has 0 radical (unpaired) electrons. The fourth-order valence-electron chi connectivity index (χ4n) is 1.00. The van der Waals surface area contributed by atoms with E-state index in [4.69, 9.17) is 11.6 Å². The number of aromatic nitrogens is 2. The van der Waals surface area contributed by atoms with Crippen molar-refractivity contribution in [3.63, 3.8) is 0 Å².